The summed E-state index contributed by atoms with van der Waals surface area (Å²) in [6, 6.07) is 2.91. The first-order valence-corrected chi connectivity index (χ1v) is 10.8. The molecule has 1 saturated carbocycles. The number of halogens is 2. The second-order valence-corrected chi connectivity index (χ2v) is 9.33. The first kappa shape index (κ1) is 24.6. The maximum atomic E-state index is 13.9. The van der Waals surface area contributed by atoms with E-state index in [1.807, 2.05) is 13.8 Å². The summed E-state index contributed by atoms with van der Waals surface area (Å²) >= 11 is 0. The molecular weight excluding hydrogens is 434 g/mol. The van der Waals surface area contributed by atoms with Crippen LogP contribution in [0.3, 0.4) is 0 Å². The summed E-state index contributed by atoms with van der Waals surface area (Å²) in [4.78, 5) is 37.6. The fraction of sp³-hybridized carbons (Fsp3) is 0.458. The van der Waals surface area contributed by atoms with Gasteiger partial charge in [0, 0.05) is 37.8 Å². The Bertz CT molecular complexity index is 1140. The van der Waals surface area contributed by atoms with Gasteiger partial charge in [-0.2, -0.15) is 0 Å². The molecule has 33 heavy (non-hydrogen) atoms. The van der Waals surface area contributed by atoms with E-state index >= 15 is 0 Å². The number of Topliss-reactive ketones (excluding diaryl/α,β-unsaturated/α-hetero) is 1. The molecule has 0 radical (unpaired) electrons. The predicted octanol–water partition coefficient (Wildman–Crippen LogP) is 3.15. The molecule has 9 heteroatoms. The van der Waals surface area contributed by atoms with Gasteiger partial charge >= 0.3 is 0 Å². The third-order valence-corrected chi connectivity index (χ3v) is 5.97. The van der Waals surface area contributed by atoms with Crippen LogP contribution in [-0.4, -0.2) is 32.6 Å². The zero-order chi connectivity index (χ0) is 24.5. The van der Waals surface area contributed by atoms with Crippen molar-refractivity contribution in [3.05, 3.63) is 63.1 Å². The monoisotopic (exact) mass is 462 g/mol. The van der Waals surface area contributed by atoms with Crippen LogP contribution in [-0.2, 0) is 13.1 Å². The van der Waals surface area contributed by atoms with Crippen molar-refractivity contribution in [1.82, 2.24) is 9.88 Å². The van der Waals surface area contributed by atoms with Gasteiger partial charge in [0.05, 0.1) is 6.10 Å². The maximum absolute atomic E-state index is 13.9. The molecule has 0 saturated heterocycles. The number of benzene rings is 1. The molecule has 1 aromatic heterocycles. The summed E-state index contributed by atoms with van der Waals surface area (Å²) in [5, 5.41) is 22.8. The lowest BCUT2D eigenvalue weighted by molar-refractivity contribution is -0.0552. The Morgan fingerprint density at radius 1 is 1.27 bits per heavy atom. The number of hydrogen-bond acceptors (Lipinski definition) is 5. The average Bonchev–Trinajstić information content (AvgIpc) is 2.67. The van der Waals surface area contributed by atoms with Crippen LogP contribution >= 0.6 is 0 Å². The first-order valence-electron chi connectivity index (χ1n) is 10.8. The maximum Gasteiger partial charge on any atom is 0.257 e. The van der Waals surface area contributed by atoms with Gasteiger partial charge in [0.1, 0.15) is 22.9 Å². The van der Waals surface area contributed by atoms with E-state index < -0.39 is 46.2 Å². The fourth-order valence-electron chi connectivity index (χ4n) is 4.77. The minimum Gasteiger partial charge on any atom is -0.503 e. The largest absolute Gasteiger partial charge is 0.503 e. The van der Waals surface area contributed by atoms with Crippen LogP contribution < -0.4 is 10.7 Å². The average molecular weight is 462 g/mol. The Labute approximate surface area is 190 Å². The molecule has 1 amide bonds. The van der Waals surface area contributed by atoms with Crippen molar-refractivity contribution >= 4 is 11.7 Å². The minimum atomic E-state index is -1.01. The molecule has 1 aliphatic rings. The fourth-order valence-corrected chi connectivity index (χ4v) is 4.77. The zero-order valence-electron chi connectivity index (χ0n) is 18.8. The van der Waals surface area contributed by atoms with Gasteiger partial charge < -0.3 is 20.1 Å². The number of carbonyl (C=O) groups is 2. The highest BCUT2D eigenvalue weighted by atomic mass is 19.1. The summed E-state index contributed by atoms with van der Waals surface area (Å²) < 4.78 is 28.4. The number of aliphatic hydroxyl groups is 1. The number of ketones is 1. The lowest BCUT2D eigenvalue weighted by atomic mass is 9.62. The van der Waals surface area contributed by atoms with Crippen molar-refractivity contribution in [2.75, 3.05) is 0 Å². The predicted molar refractivity (Wildman–Crippen MR) is 117 cm³/mol. The number of pyridine rings is 1. The normalized spacial score (nSPS) is 19.9. The highest BCUT2D eigenvalue weighted by Crippen LogP contribution is 2.47. The van der Waals surface area contributed by atoms with Gasteiger partial charge in [-0.05, 0) is 36.7 Å². The van der Waals surface area contributed by atoms with E-state index in [9.17, 15) is 33.4 Å². The molecule has 0 bridgehead atoms. The topological polar surface area (TPSA) is 109 Å². The Morgan fingerprint density at radius 2 is 1.94 bits per heavy atom. The van der Waals surface area contributed by atoms with Gasteiger partial charge in [-0.25, -0.2) is 8.78 Å². The number of amides is 1. The number of nitrogens with zero attached hydrogens (tertiary/aromatic N) is 1. The highest BCUT2D eigenvalue weighted by Gasteiger charge is 2.44. The summed E-state index contributed by atoms with van der Waals surface area (Å²) in [6.07, 6.45) is 2.51. The Kier molecular flexibility index (Phi) is 7.02. The van der Waals surface area contributed by atoms with E-state index in [4.69, 9.17) is 0 Å². The van der Waals surface area contributed by atoms with Crippen LogP contribution in [0.4, 0.5) is 8.78 Å². The molecule has 1 aliphatic carbocycles. The molecule has 0 aliphatic heterocycles. The molecule has 0 unspecified atom stereocenters. The molecule has 0 spiro atoms. The molecule has 1 fully saturated rings. The molecule has 2 aromatic rings. The van der Waals surface area contributed by atoms with E-state index in [1.165, 1.54) is 23.8 Å². The Morgan fingerprint density at radius 3 is 2.48 bits per heavy atom. The van der Waals surface area contributed by atoms with Gasteiger partial charge in [0.15, 0.2) is 11.5 Å². The molecule has 0 atom stereocenters. The summed E-state index contributed by atoms with van der Waals surface area (Å²) in [5.74, 6) is -3.53. The quantitative estimate of drug-likeness (QED) is 0.523. The van der Waals surface area contributed by atoms with Crippen molar-refractivity contribution in [3.63, 3.8) is 0 Å². The summed E-state index contributed by atoms with van der Waals surface area (Å²) in [7, 11) is 0. The van der Waals surface area contributed by atoms with Crippen molar-refractivity contribution in [2.45, 2.75) is 59.2 Å². The van der Waals surface area contributed by atoms with Crippen molar-refractivity contribution in [3.8, 4) is 5.75 Å². The van der Waals surface area contributed by atoms with E-state index in [0.717, 1.165) is 12.5 Å². The molecule has 1 aromatic carbocycles. The third-order valence-electron chi connectivity index (χ3n) is 5.97. The smallest absolute Gasteiger partial charge is 0.257 e. The number of hydrogen-bond donors (Lipinski definition) is 3. The van der Waals surface area contributed by atoms with Crippen LogP contribution in [0.2, 0.25) is 0 Å². The molecule has 178 valence electrons. The van der Waals surface area contributed by atoms with E-state index in [1.54, 1.807) is 0 Å². The molecular formula is C24H28F2N2O5. The summed E-state index contributed by atoms with van der Waals surface area (Å²) in [5.41, 5.74) is -1.94. The third kappa shape index (κ3) is 5.30. The van der Waals surface area contributed by atoms with E-state index in [2.05, 4.69) is 5.32 Å². The van der Waals surface area contributed by atoms with Crippen LogP contribution in [0.5, 0.6) is 5.75 Å². The SMILES string of the molecule is CC(=O)c1c(O)c(=O)c(C(=O)NCc2ccc(F)cc2F)cn1CC1(CC(C)C)CC(O)C1. The minimum absolute atomic E-state index is 0.0222. The Hall–Kier alpha value is -3.07. The first-order chi connectivity index (χ1) is 15.4. The molecule has 3 rings (SSSR count). The molecule has 3 N–H and O–H groups in total. The number of rotatable bonds is 8. The number of aromatic nitrogens is 1. The second kappa shape index (κ2) is 9.43. The van der Waals surface area contributed by atoms with Crippen molar-refractivity contribution < 1.29 is 28.6 Å². The van der Waals surface area contributed by atoms with E-state index in [-0.39, 0.29) is 29.8 Å². The molecule has 7 nitrogen and oxygen atoms in total. The lowest BCUT2D eigenvalue weighted by Crippen LogP contribution is -2.45. The number of aliphatic hydroxyl groups excluding tert-OH is 1. The van der Waals surface area contributed by atoms with E-state index in [0.29, 0.717) is 24.8 Å². The summed E-state index contributed by atoms with van der Waals surface area (Å²) in [6.45, 7) is 5.22. The van der Waals surface area contributed by atoms with Crippen LogP contribution in [0.15, 0.2) is 29.2 Å². The number of nitrogens with one attached hydrogen (secondary N) is 1. The van der Waals surface area contributed by atoms with Gasteiger partial charge in [0.2, 0.25) is 5.43 Å². The molecule has 1 heterocycles. The number of carbonyl (C=O) groups excluding carboxylic acids is 2. The van der Waals surface area contributed by atoms with Crippen LogP contribution in [0.25, 0.3) is 0 Å². The van der Waals surface area contributed by atoms with Crippen molar-refractivity contribution in [2.24, 2.45) is 11.3 Å². The number of aromatic hydroxyl groups is 1. The lowest BCUT2D eigenvalue weighted by Gasteiger charge is -2.47. The second-order valence-electron chi connectivity index (χ2n) is 9.33. The van der Waals surface area contributed by atoms with Crippen LogP contribution in [0, 0.1) is 23.0 Å². The zero-order valence-corrected chi connectivity index (χ0v) is 18.8. The van der Waals surface area contributed by atoms with Gasteiger partial charge in [0.25, 0.3) is 5.91 Å². The standard InChI is InChI=1S/C24H28F2N2O5/c1-13(2)7-24(8-17(30)9-24)12-28-11-18(21(31)22(32)20(28)14(3)29)23(33)27-10-15-4-5-16(25)6-19(15)26/h4-6,11,13,17,30,32H,7-10,12H2,1-3H3,(H,27,33). The van der Waals surface area contributed by atoms with Gasteiger partial charge in [-0.1, -0.05) is 19.9 Å². The van der Waals surface area contributed by atoms with Gasteiger partial charge in [-0.3, -0.25) is 14.4 Å². The van der Waals surface area contributed by atoms with Crippen molar-refractivity contribution in [1.29, 1.82) is 0 Å². The Balaban J connectivity index is 1.94. The van der Waals surface area contributed by atoms with Gasteiger partial charge in [-0.15, -0.1) is 0 Å². The highest BCUT2D eigenvalue weighted by molar-refractivity contribution is 5.98. The van der Waals surface area contributed by atoms with Crippen LogP contribution in [0.1, 0.15) is 66.4 Å².